The molecule has 0 aliphatic carbocycles. The van der Waals surface area contributed by atoms with Crippen LogP contribution in [0.25, 0.3) is 0 Å². The molecule has 0 unspecified atom stereocenters. The van der Waals surface area contributed by atoms with Gasteiger partial charge in [-0.2, -0.15) is 0 Å². The lowest BCUT2D eigenvalue weighted by Crippen LogP contribution is -2.36. The molecular formula is C13H15BrClNO3. The minimum Gasteiger partial charge on any atom is -0.451 e. The Balaban J connectivity index is 2.71. The summed E-state index contributed by atoms with van der Waals surface area (Å²) in [5.41, 5.74) is 0.640. The molecule has 1 rings (SSSR count). The number of carbonyl (C=O) groups excluding carboxylic acids is 2. The van der Waals surface area contributed by atoms with Gasteiger partial charge in [0.1, 0.15) is 5.88 Å². The second-order valence-corrected chi connectivity index (χ2v) is 5.47. The van der Waals surface area contributed by atoms with Crippen LogP contribution in [0.4, 0.5) is 5.69 Å². The van der Waals surface area contributed by atoms with Crippen LogP contribution in [-0.2, 0) is 14.3 Å². The molecule has 1 N–H and O–H groups in total. The van der Waals surface area contributed by atoms with Gasteiger partial charge >= 0.3 is 5.97 Å². The fraction of sp³-hybridized carbons (Fsp3) is 0.385. The van der Waals surface area contributed by atoms with Gasteiger partial charge in [0, 0.05) is 10.2 Å². The van der Waals surface area contributed by atoms with Gasteiger partial charge in [-0.25, -0.2) is 0 Å². The Morgan fingerprint density at radius 2 is 1.89 bits per heavy atom. The Bertz CT molecular complexity index is 448. The molecule has 0 fully saturated rings. The van der Waals surface area contributed by atoms with Crippen molar-refractivity contribution in [1.82, 2.24) is 0 Å². The predicted octanol–water partition coefficient (Wildman–Crippen LogP) is 3.19. The smallest absolute Gasteiger partial charge is 0.321 e. The zero-order chi connectivity index (χ0) is 14.4. The topological polar surface area (TPSA) is 55.4 Å². The molecule has 0 aliphatic heterocycles. The molecule has 0 aromatic heterocycles. The number of ether oxygens (including phenoxy) is 1. The molecule has 0 bridgehead atoms. The molecule has 1 atom stereocenters. The third kappa shape index (κ3) is 5.20. The third-order valence-electron chi connectivity index (χ3n) is 2.34. The van der Waals surface area contributed by atoms with E-state index in [1.54, 1.807) is 26.0 Å². The Hall–Kier alpha value is -1.07. The molecule has 0 spiro atoms. The summed E-state index contributed by atoms with van der Waals surface area (Å²) in [5.74, 6) is -1.38. The number of rotatable bonds is 5. The molecule has 0 heterocycles. The minimum atomic E-state index is -0.852. The first-order chi connectivity index (χ1) is 8.93. The van der Waals surface area contributed by atoms with E-state index in [4.69, 9.17) is 16.3 Å². The molecule has 104 valence electrons. The van der Waals surface area contributed by atoms with Crippen molar-refractivity contribution in [3.8, 4) is 0 Å². The van der Waals surface area contributed by atoms with Gasteiger partial charge in [0.25, 0.3) is 5.91 Å². The van der Waals surface area contributed by atoms with Crippen molar-refractivity contribution in [2.45, 2.75) is 20.0 Å². The lowest BCUT2D eigenvalue weighted by atomic mass is 10.1. The number of esters is 1. The van der Waals surface area contributed by atoms with Crippen LogP contribution in [0.2, 0.25) is 0 Å². The fourth-order valence-electron chi connectivity index (χ4n) is 1.41. The lowest BCUT2D eigenvalue weighted by molar-refractivity contribution is -0.154. The van der Waals surface area contributed by atoms with Crippen molar-refractivity contribution in [3.05, 3.63) is 28.7 Å². The summed E-state index contributed by atoms with van der Waals surface area (Å²) in [6.45, 7) is 3.60. The van der Waals surface area contributed by atoms with Crippen LogP contribution < -0.4 is 5.32 Å². The summed E-state index contributed by atoms with van der Waals surface area (Å²) in [6, 6.07) is 7.13. The number of hydrogen-bond acceptors (Lipinski definition) is 3. The highest BCUT2D eigenvalue weighted by Gasteiger charge is 2.26. The van der Waals surface area contributed by atoms with Gasteiger partial charge in [0.2, 0.25) is 0 Å². The van der Waals surface area contributed by atoms with Crippen LogP contribution in [0.15, 0.2) is 28.7 Å². The number of anilines is 1. The summed E-state index contributed by atoms with van der Waals surface area (Å²) >= 11 is 8.68. The lowest BCUT2D eigenvalue weighted by Gasteiger charge is -2.20. The SMILES string of the molecule is CC(C)[C@H](OC(=O)CCl)C(=O)Nc1ccc(Br)cc1. The van der Waals surface area contributed by atoms with Crippen molar-refractivity contribution in [1.29, 1.82) is 0 Å². The first-order valence-corrected chi connectivity index (χ1v) is 7.08. The number of hydrogen-bond donors (Lipinski definition) is 1. The zero-order valence-electron chi connectivity index (χ0n) is 10.7. The standard InChI is InChI=1S/C13H15BrClNO3/c1-8(2)12(19-11(17)7-15)13(18)16-10-5-3-9(14)4-6-10/h3-6,8,12H,7H2,1-2H3,(H,16,18)/t12-/m0/s1. The van der Waals surface area contributed by atoms with Crippen molar-refractivity contribution < 1.29 is 14.3 Å². The van der Waals surface area contributed by atoms with Crippen LogP contribution in [0, 0.1) is 5.92 Å². The average Bonchev–Trinajstić information content (AvgIpc) is 2.37. The predicted molar refractivity (Wildman–Crippen MR) is 78.2 cm³/mol. The summed E-state index contributed by atoms with van der Waals surface area (Å²) in [4.78, 5) is 23.2. The summed E-state index contributed by atoms with van der Waals surface area (Å²) in [5, 5.41) is 2.70. The molecule has 0 saturated carbocycles. The molecule has 6 heteroatoms. The number of alkyl halides is 1. The fourth-order valence-corrected chi connectivity index (χ4v) is 1.74. The van der Waals surface area contributed by atoms with Gasteiger partial charge in [-0.3, -0.25) is 9.59 Å². The number of benzene rings is 1. The van der Waals surface area contributed by atoms with Crippen molar-refractivity contribution in [2.24, 2.45) is 5.92 Å². The molecule has 0 radical (unpaired) electrons. The van der Waals surface area contributed by atoms with Gasteiger partial charge in [0.15, 0.2) is 6.10 Å². The zero-order valence-corrected chi connectivity index (χ0v) is 13.0. The molecule has 1 amide bonds. The van der Waals surface area contributed by atoms with Gasteiger partial charge < -0.3 is 10.1 Å². The summed E-state index contributed by atoms with van der Waals surface area (Å²) in [7, 11) is 0. The van der Waals surface area contributed by atoms with E-state index in [-0.39, 0.29) is 17.7 Å². The monoisotopic (exact) mass is 347 g/mol. The highest BCUT2D eigenvalue weighted by atomic mass is 79.9. The van der Waals surface area contributed by atoms with E-state index >= 15 is 0 Å². The normalized spacial score (nSPS) is 12.1. The molecule has 0 aliphatic rings. The number of halogens is 2. The van der Waals surface area contributed by atoms with Gasteiger partial charge in [-0.1, -0.05) is 29.8 Å². The molecule has 1 aromatic carbocycles. The minimum absolute atomic E-state index is 0.136. The second-order valence-electron chi connectivity index (χ2n) is 4.28. The maximum absolute atomic E-state index is 12.0. The van der Waals surface area contributed by atoms with Crippen LogP contribution in [0.5, 0.6) is 0 Å². The van der Waals surface area contributed by atoms with Crippen LogP contribution in [0.1, 0.15) is 13.8 Å². The van der Waals surface area contributed by atoms with E-state index < -0.39 is 12.1 Å². The van der Waals surface area contributed by atoms with E-state index in [1.807, 2.05) is 12.1 Å². The van der Waals surface area contributed by atoms with Gasteiger partial charge in [-0.05, 0) is 30.2 Å². The summed E-state index contributed by atoms with van der Waals surface area (Å²) < 4.78 is 5.94. The second kappa shape index (κ2) is 7.50. The number of carbonyl (C=O) groups is 2. The molecule has 0 saturated heterocycles. The average molecular weight is 349 g/mol. The van der Waals surface area contributed by atoms with Crippen molar-refractivity contribution in [2.75, 3.05) is 11.2 Å². The Kier molecular flexibility index (Phi) is 6.31. The number of nitrogens with one attached hydrogen (secondary N) is 1. The van der Waals surface area contributed by atoms with Crippen LogP contribution in [-0.4, -0.2) is 23.9 Å². The Morgan fingerprint density at radius 1 is 1.32 bits per heavy atom. The van der Waals surface area contributed by atoms with Gasteiger partial charge in [0.05, 0.1) is 0 Å². The molecular weight excluding hydrogens is 334 g/mol. The summed E-state index contributed by atoms with van der Waals surface area (Å²) in [6.07, 6.45) is -0.852. The maximum Gasteiger partial charge on any atom is 0.321 e. The van der Waals surface area contributed by atoms with E-state index in [0.717, 1.165) is 4.47 Å². The van der Waals surface area contributed by atoms with E-state index in [1.165, 1.54) is 0 Å². The van der Waals surface area contributed by atoms with Gasteiger partial charge in [-0.15, -0.1) is 11.6 Å². The van der Waals surface area contributed by atoms with E-state index in [0.29, 0.717) is 5.69 Å². The third-order valence-corrected chi connectivity index (χ3v) is 3.09. The largest absolute Gasteiger partial charge is 0.451 e. The maximum atomic E-state index is 12.0. The van der Waals surface area contributed by atoms with Crippen molar-refractivity contribution >= 4 is 45.1 Å². The number of amides is 1. The first kappa shape index (κ1) is 16.0. The molecule has 19 heavy (non-hydrogen) atoms. The van der Waals surface area contributed by atoms with E-state index in [2.05, 4.69) is 21.2 Å². The Morgan fingerprint density at radius 3 is 2.37 bits per heavy atom. The Labute approximate surface area is 125 Å². The molecule has 1 aromatic rings. The first-order valence-electron chi connectivity index (χ1n) is 5.76. The highest BCUT2D eigenvalue weighted by Crippen LogP contribution is 2.16. The molecule has 4 nitrogen and oxygen atoms in total. The van der Waals surface area contributed by atoms with E-state index in [9.17, 15) is 9.59 Å². The quantitative estimate of drug-likeness (QED) is 0.657. The highest BCUT2D eigenvalue weighted by molar-refractivity contribution is 9.10. The van der Waals surface area contributed by atoms with Crippen LogP contribution in [0.3, 0.4) is 0 Å². The van der Waals surface area contributed by atoms with Crippen molar-refractivity contribution in [3.63, 3.8) is 0 Å². The van der Waals surface area contributed by atoms with Crippen LogP contribution >= 0.6 is 27.5 Å².